The first-order chi connectivity index (χ1) is 19.0. The van der Waals surface area contributed by atoms with Crippen LogP contribution in [0.15, 0.2) is 78.9 Å². The van der Waals surface area contributed by atoms with E-state index < -0.39 is 27.7 Å². The van der Waals surface area contributed by atoms with Gasteiger partial charge >= 0.3 is 241 Å². The molecule has 5 rings (SSSR count). The number of benzene rings is 3. The zero-order valence-corrected chi connectivity index (χ0v) is 27.3. The van der Waals surface area contributed by atoms with Gasteiger partial charge in [0.2, 0.25) is 0 Å². The van der Waals surface area contributed by atoms with Gasteiger partial charge in [-0.05, 0) is 0 Å². The molecule has 0 bridgehead atoms. The molecule has 0 saturated carbocycles. The molecule has 3 aromatic carbocycles. The maximum atomic E-state index is 13.0. The number of rotatable bonds is 12. The first-order valence-corrected chi connectivity index (χ1v) is 22.9. The Morgan fingerprint density at radius 2 is 1.21 bits per heavy atom. The molecular formula is C35H47NO2Sn. The van der Waals surface area contributed by atoms with Crippen molar-refractivity contribution < 1.29 is 9.84 Å². The normalized spacial score (nSPS) is 22.1. The predicted octanol–water partition coefficient (Wildman–Crippen LogP) is 8.71. The molecular weight excluding hydrogens is 585 g/mol. The van der Waals surface area contributed by atoms with E-state index in [4.69, 9.17) is 4.74 Å². The molecule has 1 aliphatic heterocycles. The summed E-state index contributed by atoms with van der Waals surface area (Å²) in [4.78, 5) is 2.53. The molecule has 4 heteroatoms. The zero-order valence-electron chi connectivity index (χ0n) is 24.5. The minimum atomic E-state index is -3.24. The van der Waals surface area contributed by atoms with E-state index in [1.54, 1.807) is 0 Å². The van der Waals surface area contributed by atoms with Crippen LogP contribution >= 0.6 is 0 Å². The summed E-state index contributed by atoms with van der Waals surface area (Å²) in [7, 11) is 0. The molecule has 2 atom stereocenters. The zero-order chi connectivity index (χ0) is 27.5. The van der Waals surface area contributed by atoms with E-state index in [1.807, 2.05) is 0 Å². The maximum absolute atomic E-state index is 13.0. The second-order valence-electron chi connectivity index (χ2n) is 11.9. The summed E-state index contributed by atoms with van der Waals surface area (Å²) < 4.78 is 9.52. The van der Waals surface area contributed by atoms with Crippen molar-refractivity contribution in [1.29, 1.82) is 0 Å². The number of hydrogen-bond donors (Lipinski definition) is 1. The number of hydrogen-bond acceptors (Lipinski definition) is 3. The van der Waals surface area contributed by atoms with Gasteiger partial charge < -0.3 is 0 Å². The van der Waals surface area contributed by atoms with Gasteiger partial charge in [-0.1, -0.05) is 0 Å². The Kier molecular flexibility index (Phi) is 8.92. The van der Waals surface area contributed by atoms with Gasteiger partial charge in [-0.2, -0.15) is 0 Å². The standard InChI is InChI=1S/C23H20NO2.3C4H9.Sn/c1-16-22(25)26-15-24(16)23(17-9-3-2-4-10-17)20-13-7-5-11-18(20)19-12-6-8-14-21(19)23;3*1-3-4-2;/h2-14,16,25H,15H2,1H3;3*1,3-4H2,2H3;/t16-;;;;/m0..../s1. The third kappa shape index (κ3) is 4.62. The SMILES string of the molecule is CCC[CH2][Sn]([CH2]CCC)([CH2]CCC)[C]1(O)OCN(C2(c3ccccc3)c3ccccc3-c3ccccc32)[C@H]1C. The van der Waals surface area contributed by atoms with Crippen molar-refractivity contribution in [1.82, 2.24) is 4.90 Å². The summed E-state index contributed by atoms with van der Waals surface area (Å²) in [6.45, 7) is 9.60. The fourth-order valence-corrected chi connectivity index (χ4v) is 25.8. The van der Waals surface area contributed by atoms with Crippen molar-refractivity contribution in [2.75, 3.05) is 6.73 Å². The minimum absolute atomic E-state index is 0.0988. The van der Waals surface area contributed by atoms with Crippen LogP contribution in [0.4, 0.5) is 0 Å². The van der Waals surface area contributed by atoms with E-state index in [9.17, 15) is 5.11 Å². The van der Waals surface area contributed by atoms with E-state index in [-0.39, 0.29) is 6.04 Å². The van der Waals surface area contributed by atoms with E-state index in [0.29, 0.717) is 6.73 Å². The van der Waals surface area contributed by atoms with Gasteiger partial charge in [-0.3, -0.25) is 0 Å². The average Bonchev–Trinajstić information content (AvgIpc) is 3.46. The second kappa shape index (κ2) is 12.1. The van der Waals surface area contributed by atoms with Gasteiger partial charge in [0.15, 0.2) is 0 Å². The Hall–Kier alpha value is -1.66. The third-order valence-electron chi connectivity index (χ3n) is 9.79. The van der Waals surface area contributed by atoms with Crippen LogP contribution in [-0.4, -0.2) is 45.0 Å². The Morgan fingerprint density at radius 1 is 0.744 bits per heavy atom. The van der Waals surface area contributed by atoms with E-state index in [1.165, 1.54) is 79.7 Å². The topological polar surface area (TPSA) is 32.7 Å². The molecule has 39 heavy (non-hydrogen) atoms. The Bertz CT molecular complexity index is 1180. The van der Waals surface area contributed by atoms with Gasteiger partial charge in [0.25, 0.3) is 0 Å². The molecule has 1 unspecified atom stereocenters. The van der Waals surface area contributed by atoms with Gasteiger partial charge in [-0.15, -0.1) is 0 Å². The Balaban J connectivity index is 1.70. The van der Waals surface area contributed by atoms with Crippen molar-refractivity contribution in [3.63, 3.8) is 0 Å². The van der Waals surface area contributed by atoms with Crippen molar-refractivity contribution in [3.05, 3.63) is 95.6 Å². The van der Waals surface area contributed by atoms with Crippen molar-refractivity contribution in [2.45, 2.75) is 94.9 Å². The van der Waals surface area contributed by atoms with Crippen LogP contribution in [0.2, 0.25) is 13.3 Å². The number of unbranched alkanes of at least 4 members (excludes halogenated alkanes) is 3. The fraction of sp³-hybridized carbons (Fsp3) is 0.486. The number of fused-ring (bicyclic) bond motifs is 3. The molecule has 1 heterocycles. The molecule has 3 aromatic rings. The van der Waals surface area contributed by atoms with Crippen molar-refractivity contribution >= 4 is 18.4 Å². The Labute approximate surface area is 240 Å². The molecule has 0 spiro atoms. The number of ether oxygens (including phenoxy) is 1. The van der Waals surface area contributed by atoms with Crippen LogP contribution in [-0.2, 0) is 10.3 Å². The predicted molar refractivity (Wildman–Crippen MR) is 165 cm³/mol. The summed E-state index contributed by atoms with van der Waals surface area (Å²) >= 11 is -3.24. The van der Waals surface area contributed by atoms with Crippen LogP contribution in [0.1, 0.15) is 82.9 Å². The van der Waals surface area contributed by atoms with Gasteiger partial charge in [-0.25, -0.2) is 0 Å². The van der Waals surface area contributed by atoms with E-state index >= 15 is 0 Å². The molecule has 0 amide bonds. The van der Waals surface area contributed by atoms with Crippen LogP contribution < -0.4 is 0 Å². The van der Waals surface area contributed by atoms with Crippen molar-refractivity contribution in [3.8, 4) is 11.1 Å². The molecule has 1 aliphatic carbocycles. The molecule has 1 fully saturated rings. The molecule has 0 radical (unpaired) electrons. The van der Waals surface area contributed by atoms with Gasteiger partial charge in [0.1, 0.15) is 0 Å². The van der Waals surface area contributed by atoms with Gasteiger partial charge in [0.05, 0.1) is 0 Å². The monoisotopic (exact) mass is 633 g/mol. The van der Waals surface area contributed by atoms with Crippen LogP contribution in [0.25, 0.3) is 11.1 Å². The quantitative estimate of drug-likeness (QED) is 0.203. The first-order valence-electron chi connectivity index (χ1n) is 15.4. The average molecular weight is 632 g/mol. The summed E-state index contributed by atoms with van der Waals surface area (Å²) in [6.07, 6.45) is 7.16. The second-order valence-corrected chi connectivity index (χ2v) is 25.5. The van der Waals surface area contributed by atoms with Crippen LogP contribution in [0, 0.1) is 0 Å². The van der Waals surface area contributed by atoms with E-state index in [2.05, 4.69) is 111 Å². The molecule has 1 saturated heterocycles. The fourth-order valence-electron chi connectivity index (χ4n) is 7.73. The summed E-state index contributed by atoms with van der Waals surface area (Å²) in [6, 6.07) is 28.6. The summed E-state index contributed by atoms with van der Waals surface area (Å²) in [5.41, 5.74) is 5.92. The molecule has 1 N–H and O–H groups in total. The third-order valence-corrected chi connectivity index (χ3v) is 27.0. The molecule has 3 nitrogen and oxygen atoms in total. The summed E-state index contributed by atoms with van der Waals surface area (Å²) in [5, 5.41) is 13.0. The van der Waals surface area contributed by atoms with Crippen molar-refractivity contribution in [2.24, 2.45) is 0 Å². The van der Waals surface area contributed by atoms with Crippen LogP contribution in [0.3, 0.4) is 0 Å². The number of aliphatic hydroxyl groups is 1. The summed E-state index contributed by atoms with van der Waals surface area (Å²) in [5.74, 6) is 0. The Morgan fingerprint density at radius 3 is 1.69 bits per heavy atom. The van der Waals surface area contributed by atoms with Gasteiger partial charge in [0, 0.05) is 0 Å². The first kappa shape index (κ1) is 28.9. The molecule has 208 valence electrons. The molecule has 2 aliphatic rings. The number of nitrogens with zero attached hydrogens (tertiary/aromatic N) is 1. The molecule has 0 aromatic heterocycles. The van der Waals surface area contributed by atoms with E-state index in [0.717, 1.165) is 0 Å². The van der Waals surface area contributed by atoms with Crippen LogP contribution in [0.5, 0.6) is 0 Å².